The van der Waals surface area contributed by atoms with Gasteiger partial charge in [0.2, 0.25) is 0 Å². The molecule has 0 saturated carbocycles. The fourth-order valence-corrected chi connectivity index (χ4v) is 2.31. The summed E-state index contributed by atoms with van der Waals surface area (Å²) in [5.74, 6) is -0.233. The molecule has 0 heterocycles. The van der Waals surface area contributed by atoms with Crippen molar-refractivity contribution in [1.82, 2.24) is 5.32 Å². The third kappa shape index (κ3) is 4.51. The Hall–Kier alpha value is -1.59. The van der Waals surface area contributed by atoms with E-state index in [0.29, 0.717) is 11.7 Å². The Kier molecular flexibility index (Phi) is 5.38. The van der Waals surface area contributed by atoms with Crippen LogP contribution in [0.4, 0.5) is 10.1 Å². The zero-order valence-electron chi connectivity index (χ0n) is 11.0. The predicted octanol–water partition coefficient (Wildman–Crippen LogP) is 4.03. The number of thioether (sulfide) groups is 1. The molecule has 0 atom stereocenters. The number of rotatable bonds is 4. The van der Waals surface area contributed by atoms with Crippen LogP contribution in [0, 0.1) is 5.82 Å². The number of anilines is 1. The van der Waals surface area contributed by atoms with Gasteiger partial charge in [-0.2, -0.15) is 0 Å². The fourth-order valence-electron chi connectivity index (χ4n) is 1.66. The van der Waals surface area contributed by atoms with E-state index in [0.717, 1.165) is 11.3 Å². The second-order valence-electron chi connectivity index (χ2n) is 4.17. The van der Waals surface area contributed by atoms with Crippen LogP contribution < -0.4 is 10.6 Å². The number of nitrogens with one attached hydrogen (secondary N) is 2. The number of hydrogen-bond donors (Lipinski definition) is 2. The molecule has 0 amide bonds. The van der Waals surface area contributed by atoms with E-state index in [2.05, 4.69) is 10.6 Å². The second-order valence-corrected chi connectivity index (χ2v) is 5.45. The van der Waals surface area contributed by atoms with E-state index in [4.69, 9.17) is 12.2 Å². The Balaban J connectivity index is 1.87. The molecule has 0 bridgehead atoms. The number of benzene rings is 2. The van der Waals surface area contributed by atoms with Crippen LogP contribution >= 0.6 is 24.0 Å². The van der Waals surface area contributed by atoms with Crippen LogP contribution in [0.2, 0.25) is 0 Å². The summed E-state index contributed by atoms with van der Waals surface area (Å²) in [6, 6.07) is 14.4. The minimum atomic E-state index is -0.233. The van der Waals surface area contributed by atoms with Crippen molar-refractivity contribution in [2.24, 2.45) is 0 Å². The molecule has 0 unspecified atom stereocenters. The van der Waals surface area contributed by atoms with E-state index in [1.54, 1.807) is 23.9 Å². The molecule has 0 radical (unpaired) electrons. The van der Waals surface area contributed by atoms with E-state index in [9.17, 15) is 4.39 Å². The van der Waals surface area contributed by atoms with Gasteiger partial charge in [0.05, 0.1) is 0 Å². The highest BCUT2D eigenvalue weighted by Crippen LogP contribution is 2.18. The molecule has 2 aromatic carbocycles. The molecule has 2 N–H and O–H groups in total. The van der Waals surface area contributed by atoms with Crippen LogP contribution in [0.15, 0.2) is 53.4 Å². The molecule has 20 heavy (non-hydrogen) atoms. The molecule has 0 aliphatic carbocycles. The Morgan fingerprint density at radius 3 is 2.65 bits per heavy atom. The lowest BCUT2D eigenvalue weighted by atomic mass is 10.2. The van der Waals surface area contributed by atoms with Crippen molar-refractivity contribution in [3.63, 3.8) is 0 Å². The zero-order chi connectivity index (χ0) is 14.4. The molecule has 0 aliphatic rings. The van der Waals surface area contributed by atoms with E-state index >= 15 is 0 Å². The maximum absolute atomic E-state index is 12.8. The third-order valence-electron chi connectivity index (χ3n) is 2.69. The third-order valence-corrected chi connectivity index (χ3v) is 3.67. The first-order valence-corrected chi connectivity index (χ1v) is 7.74. The van der Waals surface area contributed by atoms with E-state index in [1.165, 1.54) is 17.0 Å². The Labute approximate surface area is 127 Å². The summed E-state index contributed by atoms with van der Waals surface area (Å²) >= 11 is 6.92. The summed E-state index contributed by atoms with van der Waals surface area (Å²) in [6.07, 6.45) is 2.03. The monoisotopic (exact) mass is 306 g/mol. The molecule has 2 rings (SSSR count). The summed E-state index contributed by atoms with van der Waals surface area (Å²) < 4.78 is 12.8. The Bertz CT molecular complexity index is 585. The summed E-state index contributed by atoms with van der Waals surface area (Å²) in [4.78, 5) is 1.18. The predicted molar refractivity (Wildman–Crippen MR) is 87.7 cm³/mol. The molecular weight excluding hydrogens is 291 g/mol. The van der Waals surface area contributed by atoms with Gasteiger partial charge in [0.1, 0.15) is 5.82 Å². The van der Waals surface area contributed by atoms with Gasteiger partial charge < -0.3 is 10.6 Å². The van der Waals surface area contributed by atoms with Crippen LogP contribution in [-0.4, -0.2) is 11.4 Å². The average Bonchev–Trinajstić information content (AvgIpc) is 2.47. The fraction of sp³-hybridized carbons (Fsp3) is 0.133. The molecule has 104 valence electrons. The van der Waals surface area contributed by atoms with Crippen molar-refractivity contribution in [1.29, 1.82) is 0 Å². The van der Waals surface area contributed by atoms with Gasteiger partial charge in [-0.3, -0.25) is 0 Å². The van der Waals surface area contributed by atoms with Crippen molar-refractivity contribution in [2.75, 3.05) is 11.6 Å². The first-order valence-electron chi connectivity index (χ1n) is 6.11. The topological polar surface area (TPSA) is 24.1 Å². The largest absolute Gasteiger partial charge is 0.358 e. The molecule has 5 heteroatoms. The second kappa shape index (κ2) is 7.26. The van der Waals surface area contributed by atoms with Gasteiger partial charge in [-0.25, -0.2) is 4.39 Å². The molecule has 0 saturated heterocycles. The van der Waals surface area contributed by atoms with Crippen LogP contribution in [0.25, 0.3) is 0 Å². The molecule has 0 aliphatic heterocycles. The lowest BCUT2D eigenvalue weighted by Crippen LogP contribution is -2.27. The molecular formula is C15H15FN2S2. The normalized spacial score (nSPS) is 10.1. The molecule has 2 nitrogen and oxygen atoms in total. The van der Waals surface area contributed by atoms with Gasteiger partial charge in [-0.1, -0.05) is 18.2 Å². The van der Waals surface area contributed by atoms with Crippen molar-refractivity contribution >= 4 is 34.8 Å². The van der Waals surface area contributed by atoms with E-state index < -0.39 is 0 Å². The Morgan fingerprint density at radius 1 is 1.20 bits per heavy atom. The molecule has 2 aromatic rings. The highest BCUT2D eigenvalue weighted by molar-refractivity contribution is 7.98. The van der Waals surface area contributed by atoms with E-state index in [1.807, 2.05) is 30.5 Å². The quantitative estimate of drug-likeness (QED) is 0.658. The molecule has 0 aromatic heterocycles. The summed E-state index contributed by atoms with van der Waals surface area (Å²) in [6.45, 7) is 0.564. The Morgan fingerprint density at radius 2 is 1.95 bits per heavy atom. The van der Waals surface area contributed by atoms with Gasteiger partial charge in [0, 0.05) is 17.1 Å². The number of halogens is 1. The van der Waals surface area contributed by atoms with E-state index in [-0.39, 0.29) is 5.82 Å². The van der Waals surface area contributed by atoms with Crippen molar-refractivity contribution in [2.45, 2.75) is 11.4 Å². The lowest BCUT2D eigenvalue weighted by Gasteiger charge is -2.11. The number of hydrogen-bond acceptors (Lipinski definition) is 2. The maximum Gasteiger partial charge on any atom is 0.171 e. The van der Waals surface area contributed by atoms with Crippen molar-refractivity contribution in [3.05, 3.63) is 59.9 Å². The first kappa shape index (κ1) is 14.8. The smallest absolute Gasteiger partial charge is 0.171 e. The maximum atomic E-state index is 12.8. The van der Waals surface area contributed by atoms with Gasteiger partial charge in [0.15, 0.2) is 5.11 Å². The summed E-state index contributed by atoms with van der Waals surface area (Å²) in [5.41, 5.74) is 1.93. The minimum absolute atomic E-state index is 0.233. The first-order chi connectivity index (χ1) is 9.67. The van der Waals surface area contributed by atoms with Crippen LogP contribution in [-0.2, 0) is 6.54 Å². The minimum Gasteiger partial charge on any atom is -0.358 e. The van der Waals surface area contributed by atoms with Crippen molar-refractivity contribution in [3.8, 4) is 0 Å². The highest BCUT2D eigenvalue weighted by Gasteiger charge is 1.99. The highest BCUT2D eigenvalue weighted by atomic mass is 32.2. The van der Waals surface area contributed by atoms with Crippen LogP contribution in [0.3, 0.4) is 0 Å². The van der Waals surface area contributed by atoms with Gasteiger partial charge in [-0.15, -0.1) is 11.8 Å². The average molecular weight is 306 g/mol. The SMILES string of the molecule is CSc1cccc(NC(=S)NCc2ccc(F)cc2)c1. The standard InChI is InChI=1S/C15H15FN2S2/c1-20-14-4-2-3-13(9-14)18-15(19)17-10-11-5-7-12(16)8-6-11/h2-9H,10H2,1H3,(H2,17,18,19). The van der Waals surface area contributed by atoms with Crippen LogP contribution in [0.1, 0.15) is 5.56 Å². The summed E-state index contributed by atoms with van der Waals surface area (Å²) in [7, 11) is 0. The van der Waals surface area contributed by atoms with Gasteiger partial charge in [0.25, 0.3) is 0 Å². The number of thiocarbonyl (C=S) groups is 1. The van der Waals surface area contributed by atoms with Crippen LogP contribution in [0.5, 0.6) is 0 Å². The lowest BCUT2D eigenvalue weighted by molar-refractivity contribution is 0.627. The zero-order valence-corrected chi connectivity index (χ0v) is 12.7. The van der Waals surface area contributed by atoms with Gasteiger partial charge >= 0.3 is 0 Å². The summed E-state index contributed by atoms with van der Waals surface area (Å²) in [5, 5.41) is 6.78. The molecule has 0 fully saturated rings. The van der Waals surface area contributed by atoms with Gasteiger partial charge in [-0.05, 0) is 54.4 Å². The molecule has 0 spiro atoms. The van der Waals surface area contributed by atoms with Crippen molar-refractivity contribution < 1.29 is 4.39 Å².